The molecule has 7 heteroatoms. The molecule has 2 aromatic rings. The minimum atomic E-state index is -1.20. The first-order valence-corrected chi connectivity index (χ1v) is 12.9. The zero-order valence-electron chi connectivity index (χ0n) is 17.9. The van der Waals surface area contributed by atoms with Gasteiger partial charge in [0.25, 0.3) is 5.91 Å². The Morgan fingerprint density at radius 1 is 1.00 bits per heavy atom. The van der Waals surface area contributed by atoms with Crippen molar-refractivity contribution in [3.63, 3.8) is 0 Å². The van der Waals surface area contributed by atoms with Crippen molar-refractivity contribution >= 4 is 40.0 Å². The Morgan fingerprint density at radius 2 is 1.63 bits per heavy atom. The number of nitrogens with one attached hydrogen (secondary N) is 1. The highest BCUT2D eigenvalue weighted by atomic mass is 32.2. The summed E-state index contributed by atoms with van der Waals surface area (Å²) in [5.74, 6) is 0.897. The van der Waals surface area contributed by atoms with Crippen LogP contribution < -0.4 is 15.4 Å². The lowest BCUT2D eigenvalue weighted by Crippen LogP contribution is -2.23. The number of carbonyl (C=O) groups is 1. The number of unbranched alkanes of at least 4 members (excludes halogenated alkanes) is 5. The van der Waals surface area contributed by atoms with Gasteiger partial charge in [-0.1, -0.05) is 37.8 Å². The van der Waals surface area contributed by atoms with Gasteiger partial charge in [-0.05, 0) is 61.5 Å². The average molecular weight is 448 g/mol. The van der Waals surface area contributed by atoms with Gasteiger partial charge in [0.2, 0.25) is 0 Å². The van der Waals surface area contributed by atoms with Gasteiger partial charge in [-0.3, -0.25) is 9.10 Å². The van der Waals surface area contributed by atoms with Crippen molar-refractivity contribution in [3.05, 3.63) is 54.1 Å². The Bertz CT molecular complexity index is 812. The molecule has 0 aliphatic carbocycles. The molecule has 0 aliphatic heterocycles. The molecule has 30 heavy (non-hydrogen) atoms. The number of rotatable bonds is 13. The van der Waals surface area contributed by atoms with E-state index in [4.69, 9.17) is 5.73 Å². The first-order valence-electron chi connectivity index (χ1n) is 10.4. The van der Waals surface area contributed by atoms with Gasteiger partial charge >= 0.3 is 0 Å². The topological polar surface area (TPSA) is 75.4 Å². The van der Waals surface area contributed by atoms with Gasteiger partial charge < -0.3 is 11.1 Å². The van der Waals surface area contributed by atoms with E-state index >= 15 is 0 Å². The molecule has 2 aromatic carbocycles. The summed E-state index contributed by atoms with van der Waals surface area (Å²) in [5.41, 5.74) is 7.41. The molecule has 0 saturated heterocycles. The molecule has 1 amide bonds. The van der Waals surface area contributed by atoms with Crippen LogP contribution in [0, 0.1) is 0 Å². The van der Waals surface area contributed by atoms with Crippen molar-refractivity contribution in [3.8, 4) is 0 Å². The Hall–Kier alpha value is -1.83. The number of nitrogens with zero attached hydrogens (tertiary/aromatic N) is 1. The number of thioether (sulfide) groups is 1. The molecule has 0 spiro atoms. The Balaban J connectivity index is 1.82. The zero-order valence-corrected chi connectivity index (χ0v) is 19.6. The van der Waals surface area contributed by atoms with Crippen molar-refractivity contribution in [1.29, 1.82) is 0 Å². The molecule has 0 fully saturated rings. The van der Waals surface area contributed by atoms with Gasteiger partial charge in [0, 0.05) is 23.9 Å². The molecule has 3 N–H and O–H groups in total. The van der Waals surface area contributed by atoms with E-state index in [1.165, 1.54) is 37.0 Å². The summed E-state index contributed by atoms with van der Waals surface area (Å²) in [4.78, 5) is 13.9. The number of anilines is 2. The largest absolute Gasteiger partial charge is 0.330 e. The molecule has 0 radical (unpaired) electrons. The van der Waals surface area contributed by atoms with E-state index in [2.05, 4.69) is 5.32 Å². The summed E-state index contributed by atoms with van der Waals surface area (Å²) < 4.78 is 13.4. The molecular formula is C23H33N3O2S2. The number of amides is 1. The smallest absolute Gasteiger partial charge is 0.257 e. The Labute approximate surface area is 187 Å². The zero-order chi connectivity index (χ0) is 21.8. The van der Waals surface area contributed by atoms with Crippen LogP contribution in [0.25, 0.3) is 0 Å². The Kier molecular flexibility index (Phi) is 11.0. The van der Waals surface area contributed by atoms with Crippen molar-refractivity contribution in [2.75, 3.05) is 35.2 Å². The summed E-state index contributed by atoms with van der Waals surface area (Å²) in [6, 6.07) is 15.1. The molecule has 0 bridgehead atoms. The van der Waals surface area contributed by atoms with Crippen molar-refractivity contribution < 1.29 is 9.00 Å². The average Bonchev–Trinajstić information content (AvgIpc) is 2.76. The van der Waals surface area contributed by atoms with E-state index in [1.807, 2.05) is 48.2 Å². The summed E-state index contributed by atoms with van der Waals surface area (Å²) in [7, 11) is 0.517. The molecule has 0 heterocycles. The molecule has 5 nitrogen and oxygen atoms in total. The third-order valence-electron chi connectivity index (χ3n) is 4.85. The van der Waals surface area contributed by atoms with Gasteiger partial charge in [0.1, 0.15) is 11.0 Å². The molecule has 0 saturated carbocycles. The lowest BCUT2D eigenvalue weighted by atomic mass is 10.1. The van der Waals surface area contributed by atoms with Crippen LogP contribution in [-0.4, -0.2) is 35.7 Å². The maximum atomic E-state index is 12.7. The molecular weight excluding hydrogens is 414 g/mol. The highest BCUT2D eigenvalue weighted by Crippen LogP contribution is 2.24. The van der Waals surface area contributed by atoms with Crippen LogP contribution in [0.2, 0.25) is 0 Å². The predicted octanol–water partition coefficient (Wildman–Crippen LogP) is 5.06. The fourth-order valence-corrected chi connectivity index (χ4v) is 4.40. The van der Waals surface area contributed by atoms with Crippen LogP contribution in [0.1, 0.15) is 48.9 Å². The number of carbonyl (C=O) groups excluding carboxylic acids is 1. The van der Waals surface area contributed by atoms with Gasteiger partial charge in [-0.2, -0.15) is 0 Å². The Morgan fingerprint density at radius 3 is 2.30 bits per heavy atom. The summed E-state index contributed by atoms with van der Waals surface area (Å²) in [6.45, 7) is 0.801. The van der Waals surface area contributed by atoms with Crippen LogP contribution >= 0.6 is 11.8 Å². The highest BCUT2D eigenvalue weighted by molar-refractivity contribution is 7.99. The second kappa shape index (κ2) is 13.5. The number of benzene rings is 2. The quantitative estimate of drug-likeness (QED) is 0.332. The van der Waals surface area contributed by atoms with Gasteiger partial charge in [0.05, 0.1) is 11.3 Å². The molecule has 0 aliphatic rings. The fraction of sp³-hybridized carbons (Fsp3) is 0.435. The van der Waals surface area contributed by atoms with Crippen molar-refractivity contribution in [2.24, 2.45) is 5.73 Å². The van der Waals surface area contributed by atoms with Crippen molar-refractivity contribution in [1.82, 2.24) is 0 Å². The standard InChI is InChI=1S/C23H33N3O2S2/c1-26(30(2)28)22-12-8-7-11-21(22)23(27)25-19-13-15-20(16-14-19)29-18-10-6-4-3-5-9-17-24/h7-8,11-16H,3-6,9-10,17-18,24H2,1-2H3,(H,25,27). The SMILES string of the molecule is CN(c1ccccc1C(=O)Nc1ccc(SCCCCCCCCN)cc1)S(C)=O. The number of para-hydroxylation sites is 1. The van der Waals surface area contributed by atoms with Gasteiger partial charge in [-0.25, -0.2) is 4.21 Å². The minimum absolute atomic E-state index is 0.210. The lowest BCUT2D eigenvalue weighted by molar-refractivity contribution is 0.102. The maximum Gasteiger partial charge on any atom is 0.257 e. The molecule has 1 unspecified atom stereocenters. The molecule has 164 valence electrons. The first-order chi connectivity index (χ1) is 14.5. The molecule has 0 aromatic heterocycles. The van der Waals surface area contributed by atoms with Crippen LogP contribution in [0.5, 0.6) is 0 Å². The number of hydrogen-bond donors (Lipinski definition) is 2. The first kappa shape index (κ1) is 24.4. The summed E-state index contributed by atoms with van der Waals surface area (Å²) >= 11 is 1.85. The summed E-state index contributed by atoms with van der Waals surface area (Å²) in [6.07, 6.45) is 9.02. The molecule has 2 rings (SSSR count). The maximum absolute atomic E-state index is 12.7. The van der Waals surface area contributed by atoms with Crippen LogP contribution in [0.4, 0.5) is 11.4 Å². The highest BCUT2D eigenvalue weighted by Gasteiger charge is 2.15. The third-order valence-corrected chi connectivity index (χ3v) is 6.92. The van der Waals surface area contributed by atoms with E-state index in [1.54, 1.807) is 29.7 Å². The fourth-order valence-electron chi connectivity index (χ4n) is 3.06. The van der Waals surface area contributed by atoms with Gasteiger partial charge in [-0.15, -0.1) is 11.8 Å². The summed E-state index contributed by atoms with van der Waals surface area (Å²) in [5, 5.41) is 2.94. The van der Waals surface area contributed by atoms with E-state index in [9.17, 15) is 9.00 Å². The van der Waals surface area contributed by atoms with E-state index in [0.29, 0.717) is 11.3 Å². The number of hydrogen-bond acceptors (Lipinski definition) is 4. The lowest BCUT2D eigenvalue weighted by Gasteiger charge is -2.19. The monoisotopic (exact) mass is 447 g/mol. The van der Waals surface area contributed by atoms with Crippen LogP contribution in [-0.2, 0) is 11.0 Å². The predicted molar refractivity (Wildman–Crippen MR) is 131 cm³/mol. The second-order valence-electron chi connectivity index (χ2n) is 7.18. The normalized spacial score (nSPS) is 11.8. The van der Waals surface area contributed by atoms with Crippen LogP contribution in [0.3, 0.4) is 0 Å². The van der Waals surface area contributed by atoms with E-state index in [-0.39, 0.29) is 5.91 Å². The van der Waals surface area contributed by atoms with Crippen LogP contribution in [0.15, 0.2) is 53.4 Å². The van der Waals surface area contributed by atoms with E-state index < -0.39 is 11.0 Å². The number of nitrogens with two attached hydrogens (primary N) is 1. The third kappa shape index (κ3) is 8.13. The van der Waals surface area contributed by atoms with E-state index in [0.717, 1.165) is 24.4 Å². The minimum Gasteiger partial charge on any atom is -0.330 e. The van der Waals surface area contributed by atoms with Crippen molar-refractivity contribution in [2.45, 2.75) is 43.4 Å². The second-order valence-corrected chi connectivity index (χ2v) is 9.74. The van der Waals surface area contributed by atoms with Gasteiger partial charge in [0.15, 0.2) is 0 Å². The molecule has 1 atom stereocenters.